The van der Waals surface area contributed by atoms with Crippen LogP contribution >= 0.6 is 0 Å². The van der Waals surface area contributed by atoms with Crippen LogP contribution in [0.2, 0.25) is 0 Å². The summed E-state index contributed by atoms with van der Waals surface area (Å²) < 4.78 is 5.30. The van der Waals surface area contributed by atoms with Crippen molar-refractivity contribution in [3.05, 3.63) is 18.2 Å². The molecule has 114 valence electrons. The largest absolute Gasteiger partial charge is 0.482 e. The molecule has 2 rings (SSSR count). The number of urea groups is 1. The van der Waals surface area contributed by atoms with E-state index >= 15 is 0 Å². The molecule has 0 radical (unpaired) electrons. The standard InChI is InChI=1S/C15H21N3O3/c1-10(2)4-3-7-16-15(20)17-11-5-6-12-13(8-11)21-9-14(19)18-12/h5-6,8,10H,3-4,7,9H2,1-2H3,(H,18,19)(H2,16,17,20). The molecule has 0 aliphatic carbocycles. The summed E-state index contributed by atoms with van der Waals surface area (Å²) in [6.07, 6.45) is 2.05. The zero-order valence-electron chi connectivity index (χ0n) is 12.4. The monoisotopic (exact) mass is 291 g/mol. The maximum absolute atomic E-state index is 11.7. The Kier molecular flexibility index (Phi) is 5.03. The summed E-state index contributed by atoms with van der Waals surface area (Å²) in [5.74, 6) is 1.03. The number of hydrogen-bond acceptors (Lipinski definition) is 3. The summed E-state index contributed by atoms with van der Waals surface area (Å²) >= 11 is 0. The van der Waals surface area contributed by atoms with E-state index < -0.39 is 0 Å². The lowest BCUT2D eigenvalue weighted by atomic mass is 10.1. The lowest BCUT2D eigenvalue weighted by molar-refractivity contribution is -0.118. The number of fused-ring (bicyclic) bond motifs is 1. The van der Waals surface area contributed by atoms with Gasteiger partial charge in [-0.25, -0.2) is 4.79 Å². The maximum Gasteiger partial charge on any atom is 0.319 e. The SMILES string of the molecule is CC(C)CCCNC(=O)Nc1ccc2c(c1)OCC(=O)N2. The number of anilines is 2. The summed E-state index contributed by atoms with van der Waals surface area (Å²) in [7, 11) is 0. The fourth-order valence-corrected chi connectivity index (χ4v) is 2.04. The number of rotatable bonds is 5. The van der Waals surface area contributed by atoms with Gasteiger partial charge in [0.15, 0.2) is 6.61 Å². The third-order valence-corrected chi connectivity index (χ3v) is 3.12. The molecular formula is C15H21N3O3. The van der Waals surface area contributed by atoms with E-state index in [0.29, 0.717) is 29.6 Å². The molecule has 1 aliphatic heterocycles. The van der Waals surface area contributed by atoms with E-state index in [1.165, 1.54) is 0 Å². The minimum absolute atomic E-state index is 0.00213. The Hall–Kier alpha value is -2.24. The van der Waals surface area contributed by atoms with E-state index in [9.17, 15) is 9.59 Å². The molecule has 0 aromatic heterocycles. The molecule has 1 aromatic carbocycles. The molecular weight excluding hydrogens is 270 g/mol. The van der Waals surface area contributed by atoms with Gasteiger partial charge in [-0.3, -0.25) is 4.79 Å². The highest BCUT2D eigenvalue weighted by Crippen LogP contribution is 2.30. The van der Waals surface area contributed by atoms with Crippen molar-refractivity contribution in [2.75, 3.05) is 23.8 Å². The molecule has 1 aliphatic rings. The molecule has 1 aromatic rings. The second-order valence-electron chi connectivity index (χ2n) is 5.46. The highest BCUT2D eigenvalue weighted by molar-refractivity contribution is 5.96. The lowest BCUT2D eigenvalue weighted by Crippen LogP contribution is -2.30. The molecule has 0 atom stereocenters. The molecule has 1 heterocycles. The Labute approximate surface area is 124 Å². The van der Waals surface area contributed by atoms with Crippen molar-refractivity contribution in [2.45, 2.75) is 26.7 Å². The van der Waals surface area contributed by atoms with Gasteiger partial charge in [0.05, 0.1) is 5.69 Å². The Bertz CT molecular complexity index is 529. The van der Waals surface area contributed by atoms with Crippen molar-refractivity contribution in [1.29, 1.82) is 0 Å². The maximum atomic E-state index is 11.7. The van der Waals surface area contributed by atoms with E-state index in [0.717, 1.165) is 12.8 Å². The molecule has 6 heteroatoms. The summed E-state index contributed by atoms with van der Waals surface area (Å²) in [6, 6.07) is 4.89. The predicted octanol–water partition coefficient (Wildman–Crippen LogP) is 2.58. The van der Waals surface area contributed by atoms with Crippen molar-refractivity contribution >= 4 is 23.3 Å². The van der Waals surface area contributed by atoms with Crippen LogP contribution in [-0.2, 0) is 4.79 Å². The second kappa shape index (κ2) is 6.97. The Morgan fingerprint density at radius 2 is 2.24 bits per heavy atom. The van der Waals surface area contributed by atoms with Crippen LogP contribution in [0.5, 0.6) is 5.75 Å². The van der Waals surface area contributed by atoms with Gasteiger partial charge in [-0.15, -0.1) is 0 Å². The summed E-state index contributed by atoms with van der Waals surface area (Å²) in [5, 5.41) is 8.26. The van der Waals surface area contributed by atoms with Crippen molar-refractivity contribution in [1.82, 2.24) is 5.32 Å². The normalized spacial score (nSPS) is 13.2. The van der Waals surface area contributed by atoms with E-state index in [-0.39, 0.29) is 18.5 Å². The number of ether oxygens (including phenoxy) is 1. The van der Waals surface area contributed by atoms with Gasteiger partial charge in [0.1, 0.15) is 5.75 Å². The third-order valence-electron chi connectivity index (χ3n) is 3.12. The van der Waals surface area contributed by atoms with Crippen LogP contribution in [0.25, 0.3) is 0 Å². The van der Waals surface area contributed by atoms with Gasteiger partial charge >= 0.3 is 6.03 Å². The van der Waals surface area contributed by atoms with Crippen LogP contribution < -0.4 is 20.7 Å². The van der Waals surface area contributed by atoms with Crippen LogP contribution in [0.1, 0.15) is 26.7 Å². The molecule has 21 heavy (non-hydrogen) atoms. The van der Waals surface area contributed by atoms with Crippen molar-refractivity contribution < 1.29 is 14.3 Å². The van der Waals surface area contributed by atoms with Gasteiger partial charge in [-0.1, -0.05) is 13.8 Å². The van der Waals surface area contributed by atoms with E-state index in [1.807, 2.05) is 0 Å². The first kappa shape index (κ1) is 15.2. The highest BCUT2D eigenvalue weighted by atomic mass is 16.5. The minimum Gasteiger partial charge on any atom is -0.482 e. The quantitative estimate of drug-likeness (QED) is 0.729. The van der Waals surface area contributed by atoms with Crippen LogP contribution in [0.3, 0.4) is 0 Å². The number of hydrogen-bond donors (Lipinski definition) is 3. The van der Waals surface area contributed by atoms with Gasteiger partial charge < -0.3 is 20.7 Å². The summed E-state index contributed by atoms with van der Waals surface area (Å²) in [6.45, 7) is 4.97. The molecule has 0 bridgehead atoms. The smallest absolute Gasteiger partial charge is 0.319 e. The molecule has 6 nitrogen and oxygen atoms in total. The number of amides is 3. The first-order chi connectivity index (χ1) is 10.0. The van der Waals surface area contributed by atoms with Gasteiger partial charge in [-0.2, -0.15) is 0 Å². The highest BCUT2D eigenvalue weighted by Gasteiger charge is 2.16. The average molecular weight is 291 g/mol. The molecule has 0 saturated carbocycles. The summed E-state index contributed by atoms with van der Waals surface area (Å²) in [4.78, 5) is 22.9. The molecule has 3 N–H and O–H groups in total. The van der Waals surface area contributed by atoms with E-state index in [2.05, 4.69) is 29.8 Å². The molecule has 0 spiro atoms. The number of benzene rings is 1. The van der Waals surface area contributed by atoms with Crippen LogP contribution in [0.15, 0.2) is 18.2 Å². The van der Waals surface area contributed by atoms with E-state index in [4.69, 9.17) is 4.74 Å². The first-order valence-electron chi connectivity index (χ1n) is 7.16. The fourth-order valence-electron chi connectivity index (χ4n) is 2.04. The molecule has 0 unspecified atom stereocenters. The topological polar surface area (TPSA) is 79.5 Å². The van der Waals surface area contributed by atoms with Gasteiger partial charge in [0.2, 0.25) is 0 Å². The second-order valence-corrected chi connectivity index (χ2v) is 5.46. The van der Waals surface area contributed by atoms with Gasteiger partial charge in [0, 0.05) is 18.3 Å². The molecule has 0 fully saturated rings. The van der Waals surface area contributed by atoms with E-state index in [1.54, 1.807) is 18.2 Å². The number of nitrogens with one attached hydrogen (secondary N) is 3. The zero-order valence-corrected chi connectivity index (χ0v) is 12.4. The first-order valence-corrected chi connectivity index (χ1v) is 7.16. The fraction of sp³-hybridized carbons (Fsp3) is 0.467. The van der Waals surface area contributed by atoms with Crippen molar-refractivity contribution in [3.8, 4) is 5.75 Å². The van der Waals surface area contributed by atoms with Crippen LogP contribution in [0.4, 0.5) is 16.2 Å². The Morgan fingerprint density at radius 3 is 3.00 bits per heavy atom. The Morgan fingerprint density at radius 1 is 1.43 bits per heavy atom. The predicted molar refractivity (Wildman–Crippen MR) is 81.7 cm³/mol. The van der Waals surface area contributed by atoms with Crippen LogP contribution in [-0.4, -0.2) is 25.1 Å². The lowest BCUT2D eigenvalue weighted by Gasteiger charge is -2.18. The van der Waals surface area contributed by atoms with Crippen LogP contribution in [0, 0.1) is 5.92 Å². The molecule has 0 saturated heterocycles. The average Bonchev–Trinajstić information content (AvgIpc) is 2.43. The van der Waals surface area contributed by atoms with Crippen molar-refractivity contribution in [2.24, 2.45) is 5.92 Å². The number of carbonyl (C=O) groups is 2. The van der Waals surface area contributed by atoms with Gasteiger partial charge in [-0.05, 0) is 30.9 Å². The van der Waals surface area contributed by atoms with Crippen molar-refractivity contribution in [3.63, 3.8) is 0 Å². The molecule has 3 amide bonds. The van der Waals surface area contributed by atoms with Gasteiger partial charge in [0.25, 0.3) is 5.91 Å². The number of carbonyl (C=O) groups excluding carboxylic acids is 2. The Balaban J connectivity index is 1.83. The summed E-state index contributed by atoms with van der Waals surface area (Å²) in [5.41, 5.74) is 1.25. The minimum atomic E-state index is -0.237. The third kappa shape index (κ3) is 4.66. The zero-order chi connectivity index (χ0) is 15.2.